The van der Waals surface area contributed by atoms with E-state index in [0.717, 1.165) is 5.39 Å². The molecule has 0 aliphatic carbocycles. The number of ether oxygens (including phenoxy) is 1. The zero-order valence-electron chi connectivity index (χ0n) is 8.79. The highest BCUT2D eigenvalue weighted by Crippen LogP contribution is 2.25. The Balaban J connectivity index is 1.99. The summed E-state index contributed by atoms with van der Waals surface area (Å²) in [5.74, 6) is 1.13. The summed E-state index contributed by atoms with van der Waals surface area (Å²) in [6.07, 6.45) is 3.05. The van der Waals surface area contributed by atoms with Crippen LogP contribution in [0.4, 0.5) is 5.69 Å². The van der Waals surface area contributed by atoms with Gasteiger partial charge in [0.15, 0.2) is 5.65 Å². The van der Waals surface area contributed by atoms with E-state index in [1.54, 1.807) is 30.5 Å². The number of benzene rings is 1. The molecule has 0 unspecified atom stereocenters. The fourth-order valence-electron chi connectivity index (χ4n) is 1.47. The molecule has 0 aliphatic rings. The molecule has 0 aliphatic heterocycles. The third-order valence-electron chi connectivity index (χ3n) is 2.31. The summed E-state index contributed by atoms with van der Waals surface area (Å²) in [6.45, 7) is 0. The molecule has 0 radical (unpaired) electrons. The molecule has 6 nitrogen and oxygen atoms in total. The summed E-state index contributed by atoms with van der Waals surface area (Å²) in [4.78, 5) is 8.10. The number of rotatable bonds is 2. The third kappa shape index (κ3) is 1.76. The lowest BCUT2D eigenvalue weighted by Gasteiger charge is -2.04. The Bertz CT molecular complexity index is 646. The van der Waals surface area contributed by atoms with Crippen LogP contribution in [0.25, 0.3) is 11.0 Å². The van der Waals surface area contributed by atoms with E-state index < -0.39 is 0 Å². The number of aromatic amines is 1. The summed E-state index contributed by atoms with van der Waals surface area (Å²) < 4.78 is 5.64. The van der Waals surface area contributed by atoms with Gasteiger partial charge in [-0.15, -0.1) is 0 Å². The van der Waals surface area contributed by atoms with Crippen LogP contribution >= 0.6 is 0 Å². The average molecular weight is 227 g/mol. The van der Waals surface area contributed by atoms with Crippen LogP contribution in [0.5, 0.6) is 11.6 Å². The Labute approximate surface area is 96.5 Å². The summed E-state index contributed by atoms with van der Waals surface area (Å²) in [5.41, 5.74) is 6.93. The lowest BCUT2D eigenvalue weighted by Crippen LogP contribution is -1.90. The van der Waals surface area contributed by atoms with E-state index >= 15 is 0 Å². The summed E-state index contributed by atoms with van der Waals surface area (Å²) >= 11 is 0. The molecular weight excluding hydrogens is 218 g/mol. The number of hydrogen-bond donors (Lipinski definition) is 2. The standard InChI is InChI=1S/C11H9N5O/c12-7-1-3-8(4-2-7)17-11-9-5-15-16-10(9)13-6-14-11/h1-6H,12H2,(H,13,14,15,16). The normalized spacial score (nSPS) is 10.6. The molecule has 0 fully saturated rings. The van der Waals surface area contributed by atoms with E-state index in [1.165, 1.54) is 6.33 Å². The van der Waals surface area contributed by atoms with Gasteiger partial charge in [0.1, 0.15) is 17.5 Å². The smallest absolute Gasteiger partial charge is 0.233 e. The van der Waals surface area contributed by atoms with E-state index in [1.807, 2.05) is 0 Å². The van der Waals surface area contributed by atoms with Crippen LogP contribution < -0.4 is 10.5 Å². The molecule has 0 atom stereocenters. The van der Waals surface area contributed by atoms with Crippen LogP contribution in [0.2, 0.25) is 0 Å². The molecule has 0 bridgehead atoms. The van der Waals surface area contributed by atoms with Crippen molar-refractivity contribution in [1.29, 1.82) is 0 Å². The molecule has 0 amide bonds. The van der Waals surface area contributed by atoms with Gasteiger partial charge in [-0.05, 0) is 24.3 Å². The third-order valence-corrected chi connectivity index (χ3v) is 2.31. The van der Waals surface area contributed by atoms with Crippen LogP contribution in [0.3, 0.4) is 0 Å². The first-order valence-electron chi connectivity index (χ1n) is 5.00. The van der Waals surface area contributed by atoms with Gasteiger partial charge in [0, 0.05) is 5.69 Å². The SMILES string of the molecule is Nc1ccc(Oc2ncnc3[nH]ncc23)cc1. The lowest BCUT2D eigenvalue weighted by molar-refractivity contribution is 0.468. The van der Waals surface area contributed by atoms with Crippen molar-refractivity contribution >= 4 is 16.7 Å². The van der Waals surface area contributed by atoms with Crippen LogP contribution in [-0.2, 0) is 0 Å². The maximum Gasteiger partial charge on any atom is 0.233 e. The molecule has 84 valence electrons. The number of aromatic nitrogens is 4. The van der Waals surface area contributed by atoms with E-state index in [2.05, 4.69) is 20.2 Å². The number of anilines is 1. The van der Waals surface area contributed by atoms with Crippen molar-refractivity contribution in [2.45, 2.75) is 0 Å². The minimum atomic E-state index is 0.466. The molecule has 1 aromatic carbocycles. The van der Waals surface area contributed by atoms with Gasteiger partial charge in [-0.25, -0.2) is 9.97 Å². The number of nitrogens with two attached hydrogens (primary N) is 1. The number of nitrogens with one attached hydrogen (secondary N) is 1. The Morgan fingerprint density at radius 3 is 2.76 bits per heavy atom. The Morgan fingerprint density at radius 1 is 1.12 bits per heavy atom. The Morgan fingerprint density at radius 2 is 1.94 bits per heavy atom. The first-order chi connectivity index (χ1) is 8.33. The van der Waals surface area contributed by atoms with Gasteiger partial charge in [-0.2, -0.15) is 5.10 Å². The highest BCUT2D eigenvalue weighted by atomic mass is 16.5. The molecule has 3 aromatic rings. The number of fused-ring (bicyclic) bond motifs is 1. The first kappa shape index (κ1) is 9.59. The van der Waals surface area contributed by atoms with Crippen molar-refractivity contribution in [3.05, 3.63) is 36.8 Å². The van der Waals surface area contributed by atoms with Gasteiger partial charge in [0.05, 0.1) is 6.20 Å². The van der Waals surface area contributed by atoms with Gasteiger partial charge in [0.25, 0.3) is 0 Å². The summed E-state index contributed by atoms with van der Waals surface area (Å²) in [7, 11) is 0. The molecule has 3 rings (SSSR count). The Kier molecular flexibility index (Phi) is 2.11. The monoisotopic (exact) mass is 227 g/mol. The molecule has 0 spiro atoms. The number of hydrogen-bond acceptors (Lipinski definition) is 5. The summed E-state index contributed by atoms with van der Waals surface area (Å²) in [5, 5.41) is 7.38. The fraction of sp³-hybridized carbons (Fsp3) is 0. The lowest BCUT2D eigenvalue weighted by atomic mass is 10.3. The highest BCUT2D eigenvalue weighted by molar-refractivity contribution is 5.79. The summed E-state index contributed by atoms with van der Waals surface area (Å²) in [6, 6.07) is 7.10. The zero-order valence-corrected chi connectivity index (χ0v) is 8.79. The van der Waals surface area contributed by atoms with Crippen molar-refractivity contribution in [2.24, 2.45) is 0 Å². The molecule has 2 heterocycles. The molecule has 3 N–H and O–H groups in total. The van der Waals surface area contributed by atoms with Crippen molar-refractivity contribution in [2.75, 3.05) is 5.73 Å². The van der Waals surface area contributed by atoms with E-state index in [9.17, 15) is 0 Å². The quantitative estimate of drug-likeness (QED) is 0.650. The minimum absolute atomic E-state index is 0.466. The number of H-pyrrole nitrogens is 1. The number of nitrogen functional groups attached to an aromatic ring is 1. The van der Waals surface area contributed by atoms with E-state index in [-0.39, 0.29) is 0 Å². The van der Waals surface area contributed by atoms with Crippen LogP contribution in [-0.4, -0.2) is 20.2 Å². The molecule has 2 aromatic heterocycles. The second kappa shape index (κ2) is 3.75. The van der Waals surface area contributed by atoms with Crippen molar-refractivity contribution in [3.8, 4) is 11.6 Å². The van der Waals surface area contributed by atoms with Gasteiger partial charge in [0.2, 0.25) is 5.88 Å². The van der Waals surface area contributed by atoms with Gasteiger partial charge in [-0.3, -0.25) is 5.10 Å². The Hall–Kier alpha value is -2.63. The van der Waals surface area contributed by atoms with E-state index in [4.69, 9.17) is 10.5 Å². The van der Waals surface area contributed by atoms with Gasteiger partial charge in [-0.1, -0.05) is 0 Å². The second-order valence-corrected chi connectivity index (χ2v) is 3.48. The van der Waals surface area contributed by atoms with Crippen LogP contribution in [0, 0.1) is 0 Å². The average Bonchev–Trinajstić information content (AvgIpc) is 2.81. The van der Waals surface area contributed by atoms with Gasteiger partial charge >= 0.3 is 0 Å². The fourth-order valence-corrected chi connectivity index (χ4v) is 1.47. The zero-order chi connectivity index (χ0) is 11.7. The minimum Gasteiger partial charge on any atom is -0.438 e. The largest absolute Gasteiger partial charge is 0.438 e. The first-order valence-corrected chi connectivity index (χ1v) is 5.00. The van der Waals surface area contributed by atoms with Crippen molar-refractivity contribution < 1.29 is 4.74 Å². The van der Waals surface area contributed by atoms with Crippen molar-refractivity contribution in [3.63, 3.8) is 0 Å². The van der Waals surface area contributed by atoms with Crippen molar-refractivity contribution in [1.82, 2.24) is 20.2 Å². The van der Waals surface area contributed by atoms with E-state index in [0.29, 0.717) is 23.0 Å². The topological polar surface area (TPSA) is 89.7 Å². The highest BCUT2D eigenvalue weighted by Gasteiger charge is 2.07. The number of nitrogens with zero attached hydrogens (tertiary/aromatic N) is 3. The molecule has 6 heteroatoms. The van der Waals surface area contributed by atoms with Crippen LogP contribution in [0.15, 0.2) is 36.8 Å². The predicted molar refractivity (Wildman–Crippen MR) is 62.6 cm³/mol. The molecule has 0 saturated carbocycles. The second-order valence-electron chi connectivity index (χ2n) is 3.48. The molecular formula is C11H9N5O. The molecule has 17 heavy (non-hydrogen) atoms. The molecule has 0 saturated heterocycles. The van der Waals surface area contributed by atoms with Crippen LogP contribution in [0.1, 0.15) is 0 Å². The maximum absolute atomic E-state index is 5.64. The maximum atomic E-state index is 5.64. The van der Waals surface area contributed by atoms with Gasteiger partial charge < -0.3 is 10.5 Å². The predicted octanol–water partition coefficient (Wildman–Crippen LogP) is 1.73.